The van der Waals surface area contributed by atoms with Gasteiger partial charge in [-0.3, -0.25) is 4.79 Å². The molecule has 0 saturated heterocycles. The molecule has 0 aliphatic heterocycles. The Morgan fingerprint density at radius 2 is 2.12 bits per heavy atom. The second-order valence-corrected chi connectivity index (χ2v) is 5.66. The van der Waals surface area contributed by atoms with Gasteiger partial charge in [-0.2, -0.15) is 0 Å². The van der Waals surface area contributed by atoms with Crippen LogP contribution in [0.2, 0.25) is 0 Å². The van der Waals surface area contributed by atoms with E-state index in [9.17, 15) is 4.79 Å². The van der Waals surface area contributed by atoms with Gasteiger partial charge in [-0.25, -0.2) is 0 Å². The van der Waals surface area contributed by atoms with E-state index in [4.69, 9.17) is 11.6 Å². The van der Waals surface area contributed by atoms with Crippen LogP contribution in [0.25, 0.3) is 0 Å². The molecule has 1 N–H and O–H groups in total. The first-order valence-electron chi connectivity index (χ1n) is 5.58. The van der Waals surface area contributed by atoms with E-state index in [-0.39, 0.29) is 11.9 Å². The number of nitrogens with one attached hydrogen (secondary N) is 1. The minimum Gasteiger partial charge on any atom is -0.348 e. The number of rotatable bonds is 4. The van der Waals surface area contributed by atoms with Crippen molar-refractivity contribution in [2.75, 3.05) is 5.88 Å². The molecule has 1 aromatic carbocycles. The van der Waals surface area contributed by atoms with Crippen molar-refractivity contribution in [1.82, 2.24) is 5.32 Å². The number of halogens is 2. The van der Waals surface area contributed by atoms with Crippen molar-refractivity contribution < 1.29 is 4.79 Å². The average Bonchev–Trinajstić information content (AvgIpc) is 2.24. The molecule has 0 fully saturated rings. The monoisotopic (exact) mass is 317 g/mol. The first kappa shape index (κ1) is 14.5. The van der Waals surface area contributed by atoms with Gasteiger partial charge in [0.05, 0.1) is 0 Å². The highest BCUT2D eigenvalue weighted by molar-refractivity contribution is 9.10. The third-order valence-corrected chi connectivity index (χ3v) is 3.55. The number of benzene rings is 1. The van der Waals surface area contributed by atoms with Crippen LogP contribution in [-0.2, 0) is 0 Å². The highest BCUT2D eigenvalue weighted by atomic mass is 79.9. The van der Waals surface area contributed by atoms with Crippen LogP contribution in [0.4, 0.5) is 0 Å². The van der Waals surface area contributed by atoms with E-state index in [1.807, 2.05) is 39.0 Å². The molecular weight excluding hydrogens is 302 g/mol. The van der Waals surface area contributed by atoms with Gasteiger partial charge in [-0.05, 0) is 36.6 Å². The molecule has 0 aromatic heterocycles. The summed E-state index contributed by atoms with van der Waals surface area (Å²) in [5, 5.41) is 2.96. The molecule has 0 heterocycles. The molecule has 0 spiro atoms. The Kier molecular flexibility index (Phi) is 5.47. The van der Waals surface area contributed by atoms with Gasteiger partial charge >= 0.3 is 0 Å². The third kappa shape index (κ3) is 4.00. The number of carbonyl (C=O) groups excluding carboxylic acids is 1. The summed E-state index contributed by atoms with van der Waals surface area (Å²) in [5.41, 5.74) is 1.65. The number of amides is 1. The molecule has 0 aliphatic rings. The molecule has 1 atom stereocenters. The van der Waals surface area contributed by atoms with Crippen molar-refractivity contribution in [2.45, 2.75) is 26.8 Å². The van der Waals surface area contributed by atoms with Crippen LogP contribution in [0, 0.1) is 12.8 Å². The Morgan fingerprint density at radius 1 is 1.47 bits per heavy atom. The fourth-order valence-corrected chi connectivity index (χ4v) is 2.42. The summed E-state index contributed by atoms with van der Waals surface area (Å²) in [6.07, 6.45) is 0. The van der Waals surface area contributed by atoms with Crippen molar-refractivity contribution in [2.24, 2.45) is 5.92 Å². The van der Waals surface area contributed by atoms with Gasteiger partial charge < -0.3 is 5.32 Å². The molecule has 1 aromatic rings. The van der Waals surface area contributed by atoms with Crippen molar-refractivity contribution in [3.05, 3.63) is 33.8 Å². The van der Waals surface area contributed by atoms with Crippen LogP contribution in [0.5, 0.6) is 0 Å². The molecular formula is C13H17BrClNO. The molecule has 1 rings (SSSR count). The normalized spacial score (nSPS) is 12.6. The summed E-state index contributed by atoms with van der Waals surface area (Å²) >= 11 is 9.22. The first-order chi connectivity index (χ1) is 7.95. The fraction of sp³-hybridized carbons (Fsp3) is 0.462. The maximum absolute atomic E-state index is 12.1. The Hall–Kier alpha value is -0.540. The van der Waals surface area contributed by atoms with Gasteiger partial charge in [0, 0.05) is 22.0 Å². The van der Waals surface area contributed by atoms with Crippen molar-refractivity contribution in [3.8, 4) is 0 Å². The standard InChI is InChI=1S/C13H17BrClNO/c1-8(2)12(7-15)16-13(17)11-5-4-10(14)6-9(11)3/h4-6,8,12H,7H2,1-3H3,(H,16,17). The summed E-state index contributed by atoms with van der Waals surface area (Å²) in [6, 6.07) is 5.63. The molecule has 0 saturated carbocycles. The molecule has 1 amide bonds. The SMILES string of the molecule is Cc1cc(Br)ccc1C(=O)NC(CCl)C(C)C. The minimum absolute atomic E-state index is 0.00668. The van der Waals surface area contributed by atoms with E-state index in [1.165, 1.54) is 0 Å². The van der Waals surface area contributed by atoms with E-state index in [0.29, 0.717) is 17.4 Å². The maximum Gasteiger partial charge on any atom is 0.251 e. The summed E-state index contributed by atoms with van der Waals surface area (Å²) < 4.78 is 0.976. The van der Waals surface area contributed by atoms with E-state index >= 15 is 0 Å². The largest absolute Gasteiger partial charge is 0.348 e. The summed E-state index contributed by atoms with van der Waals surface area (Å²) in [4.78, 5) is 12.1. The molecule has 0 radical (unpaired) electrons. The molecule has 1 unspecified atom stereocenters. The van der Waals surface area contributed by atoms with Crippen molar-refractivity contribution >= 4 is 33.4 Å². The topological polar surface area (TPSA) is 29.1 Å². The molecule has 4 heteroatoms. The van der Waals surface area contributed by atoms with Crippen LogP contribution in [0.3, 0.4) is 0 Å². The molecule has 2 nitrogen and oxygen atoms in total. The molecule has 94 valence electrons. The van der Waals surface area contributed by atoms with Gasteiger partial charge in [-0.1, -0.05) is 29.8 Å². The zero-order chi connectivity index (χ0) is 13.0. The van der Waals surface area contributed by atoms with Gasteiger partial charge in [0.25, 0.3) is 5.91 Å². The molecule has 17 heavy (non-hydrogen) atoms. The molecule has 0 bridgehead atoms. The number of carbonyl (C=O) groups is 1. The van der Waals surface area contributed by atoms with Crippen LogP contribution in [0.1, 0.15) is 29.8 Å². The highest BCUT2D eigenvalue weighted by Gasteiger charge is 2.17. The summed E-state index contributed by atoms with van der Waals surface area (Å²) in [6.45, 7) is 6.01. The van der Waals surface area contributed by atoms with Gasteiger partial charge in [0.15, 0.2) is 0 Å². The smallest absolute Gasteiger partial charge is 0.251 e. The lowest BCUT2D eigenvalue weighted by Crippen LogP contribution is -2.40. The quantitative estimate of drug-likeness (QED) is 0.842. The minimum atomic E-state index is -0.0608. The van der Waals surface area contributed by atoms with E-state index in [1.54, 1.807) is 0 Å². The highest BCUT2D eigenvalue weighted by Crippen LogP contribution is 2.16. The lowest BCUT2D eigenvalue weighted by molar-refractivity contribution is 0.0930. The zero-order valence-corrected chi connectivity index (χ0v) is 12.6. The number of aryl methyl sites for hydroxylation is 1. The second kappa shape index (κ2) is 6.41. The maximum atomic E-state index is 12.1. The average molecular weight is 319 g/mol. The van der Waals surface area contributed by atoms with Crippen LogP contribution in [-0.4, -0.2) is 17.8 Å². The summed E-state index contributed by atoms with van der Waals surface area (Å²) in [7, 11) is 0. The predicted molar refractivity (Wildman–Crippen MR) is 75.7 cm³/mol. The zero-order valence-electron chi connectivity index (χ0n) is 10.3. The van der Waals surface area contributed by atoms with Gasteiger partial charge in [-0.15, -0.1) is 11.6 Å². The Balaban J connectivity index is 2.82. The number of hydrogen-bond donors (Lipinski definition) is 1. The van der Waals surface area contributed by atoms with Gasteiger partial charge in [0.2, 0.25) is 0 Å². The van der Waals surface area contributed by atoms with Crippen LogP contribution in [0.15, 0.2) is 22.7 Å². The van der Waals surface area contributed by atoms with E-state index in [2.05, 4.69) is 21.2 Å². The Morgan fingerprint density at radius 3 is 2.59 bits per heavy atom. The van der Waals surface area contributed by atoms with Crippen LogP contribution >= 0.6 is 27.5 Å². The lowest BCUT2D eigenvalue weighted by Gasteiger charge is -2.20. The number of hydrogen-bond acceptors (Lipinski definition) is 1. The summed E-state index contributed by atoms with van der Waals surface area (Å²) in [5.74, 6) is 0.695. The second-order valence-electron chi connectivity index (χ2n) is 4.44. The lowest BCUT2D eigenvalue weighted by atomic mass is 10.0. The Bertz CT molecular complexity index is 406. The van der Waals surface area contributed by atoms with Crippen molar-refractivity contribution in [3.63, 3.8) is 0 Å². The fourth-order valence-electron chi connectivity index (χ4n) is 1.51. The van der Waals surface area contributed by atoms with Crippen LogP contribution < -0.4 is 5.32 Å². The first-order valence-corrected chi connectivity index (χ1v) is 6.91. The third-order valence-electron chi connectivity index (χ3n) is 2.72. The van der Waals surface area contributed by atoms with E-state index in [0.717, 1.165) is 10.0 Å². The Labute approximate surface area is 116 Å². The molecule has 0 aliphatic carbocycles. The van der Waals surface area contributed by atoms with Crippen molar-refractivity contribution in [1.29, 1.82) is 0 Å². The van der Waals surface area contributed by atoms with E-state index < -0.39 is 0 Å². The number of alkyl halides is 1. The van der Waals surface area contributed by atoms with Gasteiger partial charge in [0.1, 0.15) is 0 Å². The predicted octanol–water partition coefficient (Wildman–Crippen LogP) is 3.75.